The number of alkyl halides is 3. The molecule has 5 nitrogen and oxygen atoms in total. The van der Waals surface area contributed by atoms with Gasteiger partial charge in [-0.15, -0.1) is 0 Å². The van der Waals surface area contributed by atoms with Crippen LogP contribution in [0.5, 0.6) is 11.5 Å². The molecule has 1 heterocycles. The maximum Gasteiger partial charge on any atom is 0.397 e. The van der Waals surface area contributed by atoms with E-state index in [0.717, 1.165) is 19.4 Å². The fourth-order valence-corrected chi connectivity index (χ4v) is 2.34. The molecule has 1 N–H and O–H groups in total. The summed E-state index contributed by atoms with van der Waals surface area (Å²) in [5, 5.41) is 2.23. The summed E-state index contributed by atoms with van der Waals surface area (Å²) in [7, 11) is 1.47. The van der Waals surface area contributed by atoms with Gasteiger partial charge in [0.05, 0.1) is 13.2 Å². The van der Waals surface area contributed by atoms with Crippen molar-refractivity contribution in [2.75, 3.05) is 20.3 Å². The second-order valence-electron chi connectivity index (χ2n) is 5.50. The van der Waals surface area contributed by atoms with Gasteiger partial charge in [-0.05, 0) is 30.5 Å². The van der Waals surface area contributed by atoms with Crippen LogP contribution in [-0.2, 0) is 16.1 Å². The van der Waals surface area contributed by atoms with Crippen LogP contribution in [0.25, 0.3) is 0 Å². The Morgan fingerprint density at radius 1 is 1.38 bits per heavy atom. The average molecular weight is 347 g/mol. The van der Waals surface area contributed by atoms with Crippen molar-refractivity contribution < 1.29 is 32.2 Å². The topological polar surface area (TPSA) is 56.8 Å². The lowest BCUT2D eigenvalue weighted by Crippen LogP contribution is -2.28. The van der Waals surface area contributed by atoms with E-state index >= 15 is 0 Å². The number of ether oxygens (including phenoxy) is 3. The van der Waals surface area contributed by atoms with Gasteiger partial charge in [-0.2, -0.15) is 13.2 Å². The molecule has 134 valence electrons. The fourth-order valence-electron chi connectivity index (χ4n) is 2.34. The average Bonchev–Trinajstić information content (AvgIpc) is 3.03. The van der Waals surface area contributed by atoms with E-state index in [1.807, 2.05) is 0 Å². The minimum Gasteiger partial charge on any atom is -0.493 e. The van der Waals surface area contributed by atoms with E-state index in [-0.39, 0.29) is 12.6 Å². The molecule has 1 saturated heterocycles. The van der Waals surface area contributed by atoms with E-state index in [1.165, 1.54) is 7.11 Å². The molecule has 1 amide bonds. The Bertz CT molecular complexity index is 557. The van der Waals surface area contributed by atoms with Crippen molar-refractivity contribution in [1.82, 2.24) is 5.32 Å². The Hall–Kier alpha value is -1.96. The molecule has 0 bridgehead atoms. The number of hydrogen-bond donors (Lipinski definition) is 1. The molecule has 1 atom stereocenters. The van der Waals surface area contributed by atoms with Gasteiger partial charge in [-0.25, -0.2) is 0 Å². The maximum atomic E-state index is 12.1. The maximum absolute atomic E-state index is 12.1. The number of halogens is 3. The quantitative estimate of drug-likeness (QED) is 0.824. The summed E-state index contributed by atoms with van der Waals surface area (Å²) < 4.78 is 52.7. The Labute approximate surface area is 138 Å². The zero-order chi connectivity index (χ0) is 17.6. The Balaban J connectivity index is 1.89. The minimum atomic E-state index is -4.51. The van der Waals surface area contributed by atoms with Crippen molar-refractivity contribution in [2.45, 2.75) is 38.1 Å². The number of nitrogens with one attached hydrogen (secondary N) is 1. The summed E-state index contributed by atoms with van der Waals surface area (Å²) in [5.41, 5.74) is 0.617. The monoisotopic (exact) mass is 347 g/mol. The molecule has 1 aliphatic heterocycles. The van der Waals surface area contributed by atoms with Gasteiger partial charge in [0.2, 0.25) is 5.91 Å². The summed E-state index contributed by atoms with van der Waals surface area (Å²) in [6, 6.07) is 4.96. The molecule has 0 spiro atoms. The molecule has 0 saturated carbocycles. The third-order valence-electron chi connectivity index (χ3n) is 3.53. The van der Waals surface area contributed by atoms with E-state index < -0.39 is 18.5 Å². The number of benzene rings is 1. The van der Waals surface area contributed by atoms with Gasteiger partial charge in [-0.1, -0.05) is 6.07 Å². The van der Waals surface area contributed by atoms with Crippen LogP contribution in [0.4, 0.5) is 13.2 Å². The lowest BCUT2D eigenvalue weighted by Gasteiger charge is -2.15. The van der Waals surface area contributed by atoms with Gasteiger partial charge >= 0.3 is 6.18 Å². The highest BCUT2D eigenvalue weighted by atomic mass is 19.4. The van der Waals surface area contributed by atoms with Crippen LogP contribution < -0.4 is 14.8 Å². The van der Waals surface area contributed by atoms with Gasteiger partial charge in [0.25, 0.3) is 0 Å². The van der Waals surface area contributed by atoms with Crippen molar-refractivity contribution in [2.24, 2.45) is 0 Å². The molecule has 0 aromatic heterocycles. The highest BCUT2D eigenvalue weighted by Crippen LogP contribution is 2.29. The van der Waals surface area contributed by atoms with Crippen LogP contribution in [0, 0.1) is 0 Å². The first-order valence-corrected chi connectivity index (χ1v) is 7.62. The standard InChI is InChI=1S/C16H20F3NO4/c1-22-14-7-11(9-20-15(21)8-16(17,18)19)4-5-13(14)24-10-12-3-2-6-23-12/h4-5,7,12H,2-3,6,8-10H2,1H3,(H,20,21)/t12-/m1/s1. The fraction of sp³-hybridized carbons (Fsp3) is 0.562. The number of rotatable bonds is 7. The van der Waals surface area contributed by atoms with E-state index in [4.69, 9.17) is 14.2 Å². The first kappa shape index (κ1) is 18.4. The first-order chi connectivity index (χ1) is 11.4. The van der Waals surface area contributed by atoms with Gasteiger partial charge < -0.3 is 19.5 Å². The van der Waals surface area contributed by atoms with Crippen LogP contribution in [0.1, 0.15) is 24.8 Å². The zero-order valence-electron chi connectivity index (χ0n) is 13.3. The Morgan fingerprint density at radius 3 is 2.79 bits per heavy atom. The van der Waals surface area contributed by atoms with E-state index in [0.29, 0.717) is 23.7 Å². The molecular weight excluding hydrogens is 327 g/mol. The van der Waals surface area contributed by atoms with Crippen LogP contribution in [0.2, 0.25) is 0 Å². The van der Waals surface area contributed by atoms with E-state index in [9.17, 15) is 18.0 Å². The second kappa shape index (κ2) is 8.23. The lowest BCUT2D eigenvalue weighted by atomic mass is 10.2. The van der Waals surface area contributed by atoms with Crippen LogP contribution >= 0.6 is 0 Å². The molecule has 0 aliphatic carbocycles. The van der Waals surface area contributed by atoms with E-state index in [2.05, 4.69) is 5.32 Å². The van der Waals surface area contributed by atoms with Crippen LogP contribution in [-0.4, -0.2) is 38.5 Å². The Morgan fingerprint density at radius 2 is 2.17 bits per heavy atom. The largest absolute Gasteiger partial charge is 0.493 e. The number of amides is 1. The summed E-state index contributed by atoms with van der Waals surface area (Å²) in [4.78, 5) is 11.2. The van der Waals surface area contributed by atoms with Crippen molar-refractivity contribution in [3.63, 3.8) is 0 Å². The molecule has 0 radical (unpaired) electrons. The molecule has 1 aromatic carbocycles. The van der Waals surface area contributed by atoms with Gasteiger partial charge in [0, 0.05) is 13.2 Å². The minimum absolute atomic E-state index is 0.0166. The highest BCUT2D eigenvalue weighted by molar-refractivity contribution is 5.76. The van der Waals surface area contributed by atoms with Gasteiger partial charge in [0.15, 0.2) is 11.5 Å². The van der Waals surface area contributed by atoms with Crippen molar-refractivity contribution >= 4 is 5.91 Å². The smallest absolute Gasteiger partial charge is 0.397 e. The van der Waals surface area contributed by atoms with Crippen molar-refractivity contribution in [3.05, 3.63) is 23.8 Å². The zero-order valence-corrected chi connectivity index (χ0v) is 13.3. The summed E-state index contributed by atoms with van der Waals surface area (Å²) >= 11 is 0. The highest BCUT2D eigenvalue weighted by Gasteiger charge is 2.30. The van der Waals surface area contributed by atoms with Crippen LogP contribution in [0.3, 0.4) is 0 Å². The number of methoxy groups -OCH3 is 1. The second-order valence-corrected chi connectivity index (χ2v) is 5.50. The normalized spacial score (nSPS) is 17.6. The molecule has 1 fully saturated rings. The summed E-state index contributed by atoms with van der Waals surface area (Å²) in [6.07, 6.45) is -3.97. The number of hydrogen-bond acceptors (Lipinski definition) is 4. The van der Waals surface area contributed by atoms with Crippen molar-refractivity contribution in [3.8, 4) is 11.5 Å². The van der Waals surface area contributed by atoms with E-state index in [1.54, 1.807) is 18.2 Å². The third kappa shape index (κ3) is 5.92. The molecular formula is C16H20F3NO4. The van der Waals surface area contributed by atoms with Crippen LogP contribution in [0.15, 0.2) is 18.2 Å². The summed E-state index contributed by atoms with van der Waals surface area (Å²) in [6.45, 7) is 1.14. The molecule has 8 heteroatoms. The first-order valence-electron chi connectivity index (χ1n) is 7.62. The predicted molar refractivity (Wildman–Crippen MR) is 80.0 cm³/mol. The Kier molecular flexibility index (Phi) is 6.30. The van der Waals surface area contributed by atoms with Gasteiger partial charge in [0.1, 0.15) is 13.0 Å². The molecule has 2 rings (SSSR count). The predicted octanol–water partition coefficient (Wildman–Crippen LogP) is 2.82. The van der Waals surface area contributed by atoms with Crippen molar-refractivity contribution in [1.29, 1.82) is 0 Å². The van der Waals surface area contributed by atoms with Gasteiger partial charge in [-0.3, -0.25) is 4.79 Å². The number of carbonyl (C=O) groups is 1. The molecule has 0 unspecified atom stereocenters. The third-order valence-corrected chi connectivity index (χ3v) is 3.53. The molecule has 24 heavy (non-hydrogen) atoms. The number of carbonyl (C=O) groups excluding carboxylic acids is 1. The SMILES string of the molecule is COc1cc(CNC(=O)CC(F)(F)F)ccc1OC[C@H]1CCCO1. The molecule has 1 aliphatic rings. The lowest BCUT2D eigenvalue weighted by molar-refractivity contribution is -0.153. The molecule has 1 aromatic rings. The summed E-state index contributed by atoms with van der Waals surface area (Å²) in [5.74, 6) is -0.0888.